The van der Waals surface area contributed by atoms with Crippen LogP contribution in [0.5, 0.6) is 5.75 Å². The van der Waals surface area contributed by atoms with Crippen LogP contribution in [0.25, 0.3) is 16.6 Å². The van der Waals surface area contributed by atoms with E-state index < -0.39 is 0 Å². The lowest BCUT2D eigenvalue weighted by atomic mass is 9.97. The largest absolute Gasteiger partial charge is 0.497 e. The summed E-state index contributed by atoms with van der Waals surface area (Å²) in [5, 5.41) is 14.0. The predicted octanol–water partition coefficient (Wildman–Crippen LogP) is 3.97. The van der Waals surface area contributed by atoms with E-state index in [-0.39, 0.29) is 0 Å². The summed E-state index contributed by atoms with van der Waals surface area (Å²) in [5.41, 5.74) is 3.31. The Morgan fingerprint density at radius 1 is 1.00 bits per heavy atom. The Labute approximate surface area is 167 Å². The molecule has 7 heteroatoms. The zero-order valence-electron chi connectivity index (χ0n) is 15.7. The summed E-state index contributed by atoms with van der Waals surface area (Å²) >= 11 is 1.51. The van der Waals surface area contributed by atoms with E-state index in [1.165, 1.54) is 11.3 Å². The van der Waals surface area contributed by atoms with Crippen molar-refractivity contribution in [1.29, 1.82) is 0 Å². The van der Waals surface area contributed by atoms with Gasteiger partial charge in [0.25, 0.3) is 0 Å². The highest BCUT2D eigenvalue weighted by Gasteiger charge is 2.12. The Bertz CT molecular complexity index is 1080. The first-order valence-electron chi connectivity index (χ1n) is 8.90. The van der Waals surface area contributed by atoms with Crippen molar-refractivity contribution in [3.05, 3.63) is 76.6 Å². The fraction of sp³-hybridized carbons (Fsp3) is 0.190. The molecule has 28 heavy (non-hydrogen) atoms. The van der Waals surface area contributed by atoms with Gasteiger partial charge in [0.15, 0.2) is 5.82 Å². The number of fused-ring (bicyclic) bond motifs is 1. The first kappa shape index (κ1) is 18.3. The minimum Gasteiger partial charge on any atom is -0.497 e. The zero-order chi connectivity index (χ0) is 19.3. The van der Waals surface area contributed by atoms with E-state index in [2.05, 4.69) is 40.5 Å². The highest BCUT2D eigenvalue weighted by molar-refractivity contribution is 7.17. The van der Waals surface area contributed by atoms with Gasteiger partial charge >= 0.3 is 0 Å². The van der Waals surface area contributed by atoms with Crippen molar-refractivity contribution in [2.45, 2.75) is 6.42 Å². The summed E-state index contributed by atoms with van der Waals surface area (Å²) < 4.78 is 12.2. The van der Waals surface area contributed by atoms with Gasteiger partial charge in [-0.15, -0.1) is 10.2 Å². The van der Waals surface area contributed by atoms with E-state index in [4.69, 9.17) is 14.6 Å². The average Bonchev–Trinajstić information content (AvgIpc) is 3.32. The van der Waals surface area contributed by atoms with E-state index in [1.54, 1.807) is 18.7 Å². The van der Waals surface area contributed by atoms with Crippen molar-refractivity contribution >= 4 is 27.9 Å². The molecule has 0 aliphatic heterocycles. The third-order valence-electron chi connectivity index (χ3n) is 4.35. The van der Waals surface area contributed by atoms with Crippen molar-refractivity contribution in [3.63, 3.8) is 0 Å². The van der Waals surface area contributed by atoms with Crippen LogP contribution in [0.3, 0.4) is 0 Å². The lowest BCUT2D eigenvalue weighted by molar-refractivity contribution is 0.200. The molecular formula is C21H20N4O2S. The van der Waals surface area contributed by atoms with Gasteiger partial charge in [0, 0.05) is 13.5 Å². The molecule has 0 atom stereocenters. The minimum atomic E-state index is 0.588. The highest BCUT2D eigenvalue weighted by atomic mass is 32.1. The van der Waals surface area contributed by atoms with E-state index >= 15 is 0 Å². The molecule has 0 aliphatic rings. The Morgan fingerprint density at radius 2 is 1.75 bits per heavy atom. The molecule has 0 spiro atoms. The standard InChI is InChI=1S/C21H20N4O2S/c1-26-13-12-19-22-23-21-25(19)24-20(28-21)14-18(15-6-4-3-5-7-15)16-8-10-17(27-2)11-9-16/h3-11,14H,12-13H2,1-2H3/b18-14-. The van der Waals surface area contributed by atoms with Crippen LogP contribution in [0.1, 0.15) is 22.0 Å². The number of benzene rings is 2. The van der Waals surface area contributed by atoms with Crippen molar-refractivity contribution in [1.82, 2.24) is 19.8 Å². The van der Waals surface area contributed by atoms with Gasteiger partial charge in [-0.3, -0.25) is 0 Å². The molecule has 2 aromatic carbocycles. The molecule has 2 heterocycles. The lowest BCUT2D eigenvalue weighted by Crippen LogP contribution is -2.01. The number of hydrogen-bond acceptors (Lipinski definition) is 6. The molecule has 2 aromatic heterocycles. The normalized spacial score (nSPS) is 11.9. The van der Waals surface area contributed by atoms with E-state index in [1.807, 2.05) is 30.3 Å². The summed E-state index contributed by atoms with van der Waals surface area (Å²) in [6.45, 7) is 0.588. The molecule has 0 amide bonds. The van der Waals surface area contributed by atoms with Gasteiger partial charge < -0.3 is 9.47 Å². The van der Waals surface area contributed by atoms with E-state index in [0.29, 0.717) is 13.0 Å². The topological polar surface area (TPSA) is 61.5 Å². The molecule has 0 N–H and O–H groups in total. The maximum atomic E-state index is 5.29. The monoisotopic (exact) mass is 392 g/mol. The highest BCUT2D eigenvalue weighted by Crippen LogP contribution is 2.29. The number of methoxy groups -OCH3 is 2. The van der Waals surface area contributed by atoms with Crippen LogP contribution in [0.15, 0.2) is 54.6 Å². The molecule has 0 unspecified atom stereocenters. The Kier molecular flexibility index (Phi) is 5.45. The zero-order valence-corrected chi connectivity index (χ0v) is 16.5. The van der Waals surface area contributed by atoms with Crippen LogP contribution >= 0.6 is 11.3 Å². The van der Waals surface area contributed by atoms with Crippen LogP contribution in [0.2, 0.25) is 0 Å². The van der Waals surface area contributed by atoms with Crippen LogP contribution in [-0.2, 0) is 11.2 Å². The second-order valence-electron chi connectivity index (χ2n) is 6.15. The van der Waals surface area contributed by atoms with Crippen LogP contribution in [0, 0.1) is 0 Å². The summed E-state index contributed by atoms with van der Waals surface area (Å²) in [6.07, 6.45) is 2.77. The van der Waals surface area contributed by atoms with Crippen molar-refractivity contribution < 1.29 is 9.47 Å². The first-order valence-corrected chi connectivity index (χ1v) is 9.72. The van der Waals surface area contributed by atoms with Gasteiger partial charge in [0.2, 0.25) is 4.96 Å². The average molecular weight is 392 g/mol. The van der Waals surface area contributed by atoms with Crippen molar-refractivity contribution in [2.24, 2.45) is 0 Å². The minimum absolute atomic E-state index is 0.588. The quantitative estimate of drug-likeness (QED) is 0.476. The molecule has 0 radical (unpaired) electrons. The third-order valence-corrected chi connectivity index (χ3v) is 5.20. The molecule has 4 aromatic rings. The summed E-state index contributed by atoms with van der Waals surface area (Å²) in [6, 6.07) is 18.3. The number of nitrogens with zero attached hydrogens (tertiary/aromatic N) is 4. The van der Waals surface area contributed by atoms with Crippen LogP contribution < -0.4 is 4.74 Å². The number of ether oxygens (including phenoxy) is 2. The third kappa shape index (κ3) is 3.81. The van der Waals surface area contributed by atoms with Gasteiger partial charge in [0.1, 0.15) is 10.8 Å². The first-order chi connectivity index (χ1) is 13.8. The number of rotatable bonds is 7. The van der Waals surface area contributed by atoms with E-state index in [0.717, 1.165) is 38.2 Å². The predicted molar refractivity (Wildman–Crippen MR) is 111 cm³/mol. The molecule has 6 nitrogen and oxygen atoms in total. The Hall–Kier alpha value is -3.03. The molecule has 0 bridgehead atoms. The molecule has 0 aliphatic carbocycles. The fourth-order valence-corrected chi connectivity index (χ4v) is 3.73. The van der Waals surface area contributed by atoms with Gasteiger partial charge in [-0.2, -0.15) is 9.61 Å². The van der Waals surface area contributed by atoms with Crippen molar-refractivity contribution in [2.75, 3.05) is 20.8 Å². The van der Waals surface area contributed by atoms with Gasteiger partial charge in [0.05, 0.1) is 13.7 Å². The maximum Gasteiger partial charge on any atom is 0.234 e. The SMILES string of the molecule is COCCc1nnc2sc(/C=C(/c3ccccc3)c3ccc(OC)cc3)nn12. The van der Waals surface area contributed by atoms with Crippen LogP contribution in [0.4, 0.5) is 0 Å². The van der Waals surface area contributed by atoms with E-state index in [9.17, 15) is 0 Å². The molecule has 142 valence electrons. The second kappa shape index (κ2) is 8.33. The van der Waals surface area contributed by atoms with Gasteiger partial charge in [-0.1, -0.05) is 53.8 Å². The Morgan fingerprint density at radius 3 is 2.46 bits per heavy atom. The van der Waals surface area contributed by atoms with Gasteiger partial charge in [-0.25, -0.2) is 0 Å². The smallest absolute Gasteiger partial charge is 0.234 e. The molecule has 0 fully saturated rings. The number of aromatic nitrogens is 4. The number of hydrogen-bond donors (Lipinski definition) is 0. The van der Waals surface area contributed by atoms with Gasteiger partial charge in [-0.05, 0) is 34.9 Å². The van der Waals surface area contributed by atoms with Crippen LogP contribution in [-0.4, -0.2) is 40.6 Å². The Balaban J connectivity index is 1.76. The summed E-state index contributed by atoms with van der Waals surface area (Å²) in [5.74, 6) is 1.64. The second-order valence-corrected chi connectivity index (χ2v) is 7.13. The summed E-state index contributed by atoms with van der Waals surface area (Å²) in [7, 11) is 3.35. The molecule has 0 saturated carbocycles. The lowest BCUT2D eigenvalue weighted by Gasteiger charge is -2.09. The maximum absolute atomic E-state index is 5.29. The fourth-order valence-electron chi connectivity index (χ4n) is 2.92. The molecule has 4 rings (SSSR count). The molecular weight excluding hydrogens is 372 g/mol. The summed E-state index contributed by atoms with van der Waals surface area (Å²) in [4.78, 5) is 0.777. The van der Waals surface area contributed by atoms with Crippen molar-refractivity contribution in [3.8, 4) is 5.75 Å². The molecule has 0 saturated heterocycles.